The molecular weight excluding hydrogens is 625 g/mol. The monoisotopic (exact) mass is 659 g/mol. The first-order valence-electron chi connectivity index (χ1n) is 14.4. The van der Waals surface area contributed by atoms with Crippen LogP contribution in [0.25, 0.3) is 0 Å². The number of carbonyl (C=O) groups excluding carboxylic acids is 1. The van der Waals surface area contributed by atoms with E-state index in [4.69, 9.17) is 44.3 Å². The van der Waals surface area contributed by atoms with Crippen LogP contribution < -0.4 is 0 Å². The molecule has 0 N–H and O–H groups in total. The van der Waals surface area contributed by atoms with Gasteiger partial charge in [0.1, 0.15) is 6.10 Å². The first kappa shape index (κ1) is 32.3. The lowest BCUT2D eigenvalue weighted by Crippen LogP contribution is -2.53. The number of urea groups is 1. The van der Waals surface area contributed by atoms with Crippen LogP contribution in [0.1, 0.15) is 11.3 Å². The van der Waals surface area contributed by atoms with Crippen LogP contribution in [-0.4, -0.2) is 91.6 Å². The highest BCUT2D eigenvalue weighted by atomic mass is 35.5. The molecule has 2 aliphatic rings. The summed E-state index contributed by atoms with van der Waals surface area (Å²) in [5.74, 6) is 0. The number of carbonyl (C=O) groups is 1. The summed E-state index contributed by atoms with van der Waals surface area (Å²) in [5, 5.41) is 2.01. The number of hydrogen-bond acceptors (Lipinski definition) is 6. The van der Waals surface area contributed by atoms with Gasteiger partial charge in [-0.05, 0) is 35.9 Å². The number of rotatable bonds is 8. The molecular formula is C31H36Cl3N7O3. The van der Waals surface area contributed by atoms with E-state index in [-0.39, 0.29) is 18.4 Å². The molecule has 2 aliphatic heterocycles. The van der Waals surface area contributed by atoms with Crippen molar-refractivity contribution in [2.45, 2.75) is 32.0 Å². The van der Waals surface area contributed by atoms with Crippen LogP contribution in [0, 0.1) is 0 Å². The number of halogens is 3. The standard InChI is InChI=1S/C25H32ClN7O3.C6H4Cl2/c1-29-18-28-12-22(29)14-30-7-9-32(10-8-30)25(34)33(13-20-3-2-4-21(26)11-20)15-23-17-35-24(36-23)16-31-6-5-27-19-31;7-5-2-1-3-6(8)4-5/h2-6,11-12,18-19,23-24H,7-10,13-17H2,1H3;1-4H. The zero-order valence-corrected chi connectivity index (χ0v) is 26.8. The third-order valence-electron chi connectivity index (χ3n) is 7.42. The fourth-order valence-corrected chi connectivity index (χ4v) is 5.75. The van der Waals surface area contributed by atoms with Gasteiger partial charge < -0.3 is 28.4 Å². The number of nitrogens with zero attached hydrogens (tertiary/aromatic N) is 7. The van der Waals surface area contributed by atoms with E-state index in [1.54, 1.807) is 30.7 Å². The lowest BCUT2D eigenvalue weighted by atomic mass is 10.2. The Hall–Kier alpha value is -3.12. The Labute approximate surface area is 272 Å². The molecule has 0 radical (unpaired) electrons. The second-order valence-corrected chi connectivity index (χ2v) is 12.1. The van der Waals surface area contributed by atoms with Crippen molar-refractivity contribution in [2.75, 3.05) is 39.3 Å². The van der Waals surface area contributed by atoms with Crippen LogP contribution in [0.3, 0.4) is 0 Å². The average Bonchev–Trinajstić information content (AvgIpc) is 3.77. The van der Waals surface area contributed by atoms with Gasteiger partial charge in [-0.2, -0.15) is 0 Å². The molecule has 10 nitrogen and oxygen atoms in total. The van der Waals surface area contributed by atoms with E-state index in [0.29, 0.717) is 54.4 Å². The molecule has 0 saturated carbocycles. The van der Waals surface area contributed by atoms with Gasteiger partial charge >= 0.3 is 6.03 Å². The summed E-state index contributed by atoms with van der Waals surface area (Å²) in [4.78, 5) is 28.1. The lowest BCUT2D eigenvalue weighted by Gasteiger charge is -2.38. The van der Waals surface area contributed by atoms with Gasteiger partial charge in [0.05, 0.1) is 38.0 Å². The summed E-state index contributed by atoms with van der Waals surface area (Å²) < 4.78 is 15.9. The largest absolute Gasteiger partial charge is 0.348 e. The number of ether oxygens (including phenoxy) is 2. The van der Waals surface area contributed by atoms with Crippen molar-refractivity contribution in [3.8, 4) is 0 Å². The van der Waals surface area contributed by atoms with Gasteiger partial charge in [-0.3, -0.25) is 4.90 Å². The van der Waals surface area contributed by atoms with Crippen molar-refractivity contribution in [3.63, 3.8) is 0 Å². The van der Waals surface area contributed by atoms with E-state index >= 15 is 0 Å². The third kappa shape index (κ3) is 9.44. The molecule has 2 amide bonds. The summed E-state index contributed by atoms with van der Waals surface area (Å²) in [6.07, 6.45) is 8.50. The second kappa shape index (κ2) is 15.7. The van der Waals surface area contributed by atoms with Gasteiger partial charge in [-0.25, -0.2) is 14.8 Å². The molecule has 0 spiro atoms. The summed E-state index contributed by atoms with van der Waals surface area (Å²) in [6, 6.07) is 14.7. The van der Waals surface area contributed by atoms with Crippen molar-refractivity contribution in [3.05, 3.63) is 106 Å². The molecule has 4 heterocycles. The maximum Gasteiger partial charge on any atom is 0.320 e. The molecule has 0 bridgehead atoms. The van der Waals surface area contributed by atoms with Crippen molar-refractivity contribution < 1.29 is 14.3 Å². The number of piperazine rings is 1. The molecule has 2 atom stereocenters. The summed E-state index contributed by atoms with van der Waals surface area (Å²) in [7, 11) is 2.00. The van der Waals surface area contributed by atoms with E-state index in [1.165, 1.54) is 5.69 Å². The number of imidazole rings is 2. The molecule has 2 saturated heterocycles. The van der Waals surface area contributed by atoms with Crippen molar-refractivity contribution >= 4 is 40.8 Å². The van der Waals surface area contributed by atoms with Gasteiger partial charge in [0, 0.05) is 80.0 Å². The first-order chi connectivity index (χ1) is 21.3. The Morgan fingerprint density at radius 2 is 1.70 bits per heavy atom. The maximum absolute atomic E-state index is 13.7. The van der Waals surface area contributed by atoms with Gasteiger partial charge in [-0.15, -0.1) is 0 Å². The van der Waals surface area contributed by atoms with Crippen molar-refractivity contribution in [2.24, 2.45) is 7.05 Å². The molecule has 6 rings (SSSR count). The highest BCUT2D eigenvalue weighted by molar-refractivity contribution is 6.34. The summed E-state index contributed by atoms with van der Waals surface area (Å²) in [5.41, 5.74) is 2.15. The summed E-state index contributed by atoms with van der Waals surface area (Å²) >= 11 is 17.3. The number of aryl methyl sites for hydroxylation is 1. The molecule has 234 valence electrons. The highest BCUT2D eigenvalue weighted by Crippen LogP contribution is 2.20. The number of amides is 2. The normalized spacial score (nSPS) is 18.6. The Balaban J connectivity index is 0.000000418. The zero-order valence-electron chi connectivity index (χ0n) is 24.5. The van der Waals surface area contributed by atoms with E-state index in [2.05, 4.69) is 14.9 Å². The molecule has 4 aromatic rings. The average molecular weight is 661 g/mol. The second-order valence-electron chi connectivity index (χ2n) is 10.8. The minimum Gasteiger partial charge on any atom is -0.348 e. The predicted molar refractivity (Wildman–Crippen MR) is 171 cm³/mol. The Bertz CT molecular complexity index is 1460. The van der Waals surface area contributed by atoms with Crippen LogP contribution in [0.4, 0.5) is 4.79 Å². The molecule has 2 unspecified atom stereocenters. The van der Waals surface area contributed by atoms with Crippen molar-refractivity contribution in [1.29, 1.82) is 0 Å². The van der Waals surface area contributed by atoms with Crippen LogP contribution in [0.5, 0.6) is 0 Å². The zero-order chi connectivity index (χ0) is 30.9. The minimum absolute atomic E-state index is 0.0109. The smallest absolute Gasteiger partial charge is 0.320 e. The molecule has 13 heteroatoms. The SMILES string of the molecule is Clc1cccc(Cl)c1.Cn1cncc1CN1CCN(C(=O)N(Cc2cccc(Cl)c2)CC2COC(Cn3ccnc3)O2)CC1. The quantitative estimate of drug-likeness (QED) is 0.250. The molecule has 44 heavy (non-hydrogen) atoms. The molecule has 0 aliphatic carbocycles. The fraction of sp³-hybridized carbons (Fsp3) is 0.387. The van der Waals surface area contributed by atoms with Crippen LogP contribution in [-0.2, 0) is 36.2 Å². The maximum atomic E-state index is 13.7. The molecule has 2 aromatic heterocycles. The predicted octanol–water partition coefficient (Wildman–Crippen LogP) is 5.44. The van der Waals surface area contributed by atoms with Gasteiger partial charge in [-0.1, -0.05) is 53.0 Å². The Morgan fingerprint density at radius 1 is 0.977 bits per heavy atom. The fourth-order valence-electron chi connectivity index (χ4n) is 5.10. The van der Waals surface area contributed by atoms with E-state index in [0.717, 1.165) is 25.2 Å². The number of aromatic nitrogens is 4. The third-order valence-corrected chi connectivity index (χ3v) is 8.13. The van der Waals surface area contributed by atoms with E-state index in [9.17, 15) is 4.79 Å². The Morgan fingerprint density at radius 3 is 2.32 bits per heavy atom. The molecule has 2 aromatic carbocycles. The number of benzene rings is 2. The van der Waals surface area contributed by atoms with Gasteiger partial charge in [0.25, 0.3) is 0 Å². The lowest BCUT2D eigenvalue weighted by molar-refractivity contribution is -0.0704. The topological polar surface area (TPSA) is 80.9 Å². The highest BCUT2D eigenvalue weighted by Gasteiger charge is 2.32. The number of hydrogen-bond donors (Lipinski definition) is 0. The minimum atomic E-state index is -0.358. The van der Waals surface area contributed by atoms with Crippen LogP contribution in [0.15, 0.2) is 79.8 Å². The summed E-state index contributed by atoms with van der Waals surface area (Å²) in [6.45, 7) is 5.73. The van der Waals surface area contributed by atoms with Gasteiger partial charge in [0.2, 0.25) is 0 Å². The Kier molecular flexibility index (Phi) is 11.5. The van der Waals surface area contributed by atoms with E-state index < -0.39 is 0 Å². The van der Waals surface area contributed by atoms with Gasteiger partial charge in [0.15, 0.2) is 6.29 Å². The molecule has 2 fully saturated rings. The van der Waals surface area contributed by atoms with E-state index in [1.807, 2.05) is 75.0 Å². The van der Waals surface area contributed by atoms with Crippen molar-refractivity contribution in [1.82, 2.24) is 33.8 Å². The van der Waals surface area contributed by atoms with Crippen LogP contribution >= 0.6 is 34.8 Å². The van der Waals surface area contributed by atoms with Crippen LogP contribution in [0.2, 0.25) is 15.1 Å². The first-order valence-corrected chi connectivity index (χ1v) is 15.6.